The van der Waals surface area contributed by atoms with Gasteiger partial charge in [-0.25, -0.2) is 0 Å². The van der Waals surface area contributed by atoms with E-state index in [2.05, 4.69) is 58.2 Å². The molecule has 1 N–H and O–H groups in total. The first-order chi connectivity index (χ1) is 12.0. The maximum atomic E-state index is 5.66. The topological polar surface area (TPSA) is 31.4 Å². The fraction of sp³-hybridized carbons (Fsp3) is 0.400. The maximum Gasteiger partial charge on any atom is 0.169 e. The predicted octanol–water partition coefficient (Wildman–Crippen LogP) is 3.82. The van der Waals surface area contributed by atoms with Crippen LogP contribution in [-0.2, 0) is 13.1 Å². The molecule has 0 aliphatic rings. The molecule has 1 aromatic carbocycles. The van der Waals surface area contributed by atoms with Gasteiger partial charge < -0.3 is 15.1 Å². The minimum absolute atomic E-state index is 0.356. The molecule has 0 radical (unpaired) electrons. The molecule has 0 spiro atoms. The summed E-state index contributed by atoms with van der Waals surface area (Å²) < 4.78 is 0. The van der Waals surface area contributed by atoms with Crippen LogP contribution in [0.3, 0.4) is 0 Å². The van der Waals surface area contributed by atoms with Gasteiger partial charge in [0.25, 0.3) is 0 Å². The van der Waals surface area contributed by atoms with Crippen LogP contribution in [0.15, 0.2) is 48.7 Å². The summed E-state index contributed by atoms with van der Waals surface area (Å²) in [6.07, 6.45) is 2.86. The van der Waals surface area contributed by atoms with E-state index in [0.717, 1.165) is 23.8 Å². The van der Waals surface area contributed by atoms with Crippen LogP contribution in [0.5, 0.6) is 0 Å². The highest BCUT2D eigenvalue weighted by Crippen LogP contribution is 2.15. The molecule has 0 bridgehead atoms. The minimum Gasteiger partial charge on any atom is -0.378 e. The molecule has 5 heteroatoms. The second-order valence-corrected chi connectivity index (χ2v) is 6.88. The summed E-state index contributed by atoms with van der Waals surface area (Å²) in [5.74, 6) is 0. The van der Waals surface area contributed by atoms with Crippen molar-refractivity contribution in [2.45, 2.75) is 39.4 Å². The lowest BCUT2D eigenvalue weighted by Gasteiger charge is -2.28. The molecule has 1 unspecified atom stereocenters. The SMILES string of the molecule is CCC(C)NC(=S)N(Cc1ccc(N(C)C)cc1)Cc1ccccn1. The van der Waals surface area contributed by atoms with Crippen molar-refractivity contribution >= 4 is 23.0 Å². The number of nitrogens with one attached hydrogen (secondary N) is 1. The number of hydrogen-bond donors (Lipinski definition) is 1. The summed E-state index contributed by atoms with van der Waals surface area (Å²) >= 11 is 5.66. The molecule has 0 aliphatic heterocycles. The third kappa shape index (κ3) is 6.02. The standard InChI is InChI=1S/C20H28N4S/c1-5-16(2)22-20(25)24(15-18-8-6-7-13-21-18)14-17-9-11-19(12-10-17)23(3)4/h6-13,16H,5,14-15H2,1-4H3,(H,22,25). The van der Waals surface area contributed by atoms with E-state index in [1.165, 1.54) is 11.3 Å². The molecule has 25 heavy (non-hydrogen) atoms. The number of hydrogen-bond acceptors (Lipinski definition) is 3. The summed E-state index contributed by atoms with van der Waals surface area (Å²) in [5, 5.41) is 4.20. The number of aromatic nitrogens is 1. The van der Waals surface area contributed by atoms with Gasteiger partial charge in [-0.05, 0) is 55.4 Å². The normalized spacial score (nSPS) is 11.7. The Morgan fingerprint density at radius 1 is 1.12 bits per heavy atom. The Labute approximate surface area is 156 Å². The highest BCUT2D eigenvalue weighted by atomic mass is 32.1. The molecular formula is C20H28N4S. The molecule has 1 atom stereocenters. The van der Waals surface area contributed by atoms with Gasteiger partial charge in [-0.15, -0.1) is 0 Å². The molecule has 0 saturated heterocycles. The smallest absolute Gasteiger partial charge is 0.169 e. The van der Waals surface area contributed by atoms with Gasteiger partial charge in [-0.2, -0.15) is 0 Å². The zero-order valence-electron chi connectivity index (χ0n) is 15.6. The number of pyridine rings is 1. The molecular weight excluding hydrogens is 328 g/mol. The third-order valence-electron chi connectivity index (χ3n) is 4.17. The van der Waals surface area contributed by atoms with Crippen molar-refractivity contribution in [3.63, 3.8) is 0 Å². The second kappa shape index (κ2) is 9.37. The Morgan fingerprint density at radius 3 is 2.40 bits per heavy atom. The number of rotatable bonds is 7. The predicted molar refractivity (Wildman–Crippen MR) is 110 cm³/mol. The molecule has 134 valence electrons. The van der Waals surface area contributed by atoms with Crippen molar-refractivity contribution in [2.75, 3.05) is 19.0 Å². The van der Waals surface area contributed by atoms with Crippen molar-refractivity contribution in [3.8, 4) is 0 Å². The molecule has 0 fully saturated rings. The maximum absolute atomic E-state index is 5.66. The summed E-state index contributed by atoms with van der Waals surface area (Å²) in [6.45, 7) is 5.76. The summed E-state index contributed by atoms with van der Waals surface area (Å²) in [6, 6.07) is 14.9. The van der Waals surface area contributed by atoms with Gasteiger partial charge in [0.15, 0.2) is 5.11 Å². The van der Waals surface area contributed by atoms with Crippen LogP contribution >= 0.6 is 12.2 Å². The average molecular weight is 357 g/mol. The fourth-order valence-corrected chi connectivity index (χ4v) is 2.74. The van der Waals surface area contributed by atoms with E-state index in [4.69, 9.17) is 12.2 Å². The van der Waals surface area contributed by atoms with Gasteiger partial charge in [0.05, 0.1) is 12.2 Å². The Bertz CT molecular complexity index is 655. The molecule has 1 aromatic heterocycles. The molecule has 4 nitrogen and oxygen atoms in total. The van der Waals surface area contributed by atoms with Crippen LogP contribution in [-0.4, -0.2) is 35.1 Å². The van der Waals surface area contributed by atoms with Gasteiger partial charge in [0, 0.05) is 38.6 Å². The van der Waals surface area contributed by atoms with Gasteiger partial charge in [-0.3, -0.25) is 4.98 Å². The van der Waals surface area contributed by atoms with Crippen LogP contribution in [0.1, 0.15) is 31.5 Å². The fourth-order valence-electron chi connectivity index (χ4n) is 2.41. The first-order valence-electron chi connectivity index (χ1n) is 8.71. The highest BCUT2D eigenvalue weighted by molar-refractivity contribution is 7.80. The van der Waals surface area contributed by atoms with E-state index >= 15 is 0 Å². The summed E-state index contributed by atoms with van der Waals surface area (Å²) in [5.41, 5.74) is 3.44. The third-order valence-corrected chi connectivity index (χ3v) is 4.55. The van der Waals surface area contributed by atoms with E-state index in [1.54, 1.807) is 0 Å². The Balaban J connectivity index is 2.13. The number of nitrogens with zero attached hydrogens (tertiary/aromatic N) is 3. The van der Waals surface area contributed by atoms with E-state index in [0.29, 0.717) is 12.6 Å². The minimum atomic E-state index is 0.356. The molecule has 0 aliphatic carbocycles. The van der Waals surface area contributed by atoms with Crippen LogP contribution in [0.2, 0.25) is 0 Å². The van der Waals surface area contributed by atoms with E-state index < -0.39 is 0 Å². The van der Waals surface area contributed by atoms with Crippen LogP contribution in [0.4, 0.5) is 5.69 Å². The van der Waals surface area contributed by atoms with Crippen LogP contribution < -0.4 is 10.2 Å². The number of benzene rings is 1. The summed E-state index contributed by atoms with van der Waals surface area (Å²) in [4.78, 5) is 8.72. The van der Waals surface area contributed by atoms with Gasteiger partial charge in [0.2, 0.25) is 0 Å². The Hall–Kier alpha value is -2.14. The lowest BCUT2D eigenvalue weighted by Crippen LogP contribution is -2.42. The Kier molecular flexibility index (Phi) is 7.19. The van der Waals surface area contributed by atoms with Crippen LogP contribution in [0, 0.1) is 0 Å². The highest BCUT2D eigenvalue weighted by Gasteiger charge is 2.13. The van der Waals surface area contributed by atoms with Crippen molar-refractivity contribution in [2.24, 2.45) is 0 Å². The number of thiocarbonyl (C=S) groups is 1. The lowest BCUT2D eigenvalue weighted by atomic mass is 10.2. The van der Waals surface area contributed by atoms with Crippen molar-refractivity contribution in [1.29, 1.82) is 0 Å². The van der Waals surface area contributed by atoms with Crippen molar-refractivity contribution < 1.29 is 0 Å². The van der Waals surface area contributed by atoms with Crippen LogP contribution in [0.25, 0.3) is 0 Å². The summed E-state index contributed by atoms with van der Waals surface area (Å²) in [7, 11) is 4.10. The van der Waals surface area contributed by atoms with E-state index in [1.807, 2.05) is 38.5 Å². The molecule has 0 amide bonds. The zero-order valence-corrected chi connectivity index (χ0v) is 16.4. The molecule has 1 heterocycles. The second-order valence-electron chi connectivity index (χ2n) is 6.50. The van der Waals surface area contributed by atoms with Gasteiger partial charge in [-0.1, -0.05) is 25.1 Å². The molecule has 2 rings (SSSR count). The largest absolute Gasteiger partial charge is 0.378 e. The first-order valence-corrected chi connectivity index (χ1v) is 9.12. The quantitative estimate of drug-likeness (QED) is 0.762. The van der Waals surface area contributed by atoms with E-state index in [9.17, 15) is 0 Å². The average Bonchev–Trinajstić information content (AvgIpc) is 2.62. The van der Waals surface area contributed by atoms with Gasteiger partial charge in [0.1, 0.15) is 0 Å². The lowest BCUT2D eigenvalue weighted by molar-refractivity contribution is 0.387. The monoisotopic (exact) mass is 356 g/mol. The number of anilines is 1. The molecule has 0 saturated carbocycles. The molecule has 2 aromatic rings. The first kappa shape index (κ1) is 19.2. The van der Waals surface area contributed by atoms with Gasteiger partial charge >= 0.3 is 0 Å². The van der Waals surface area contributed by atoms with E-state index in [-0.39, 0.29) is 0 Å². The zero-order chi connectivity index (χ0) is 18.2. The Morgan fingerprint density at radius 2 is 1.84 bits per heavy atom. The van der Waals surface area contributed by atoms with Crippen molar-refractivity contribution in [1.82, 2.24) is 15.2 Å². The van der Waals surface area contributed by atoms with Crippen molar-refractivity contribution in [3.05, 3.63) is 59.9 Å².